The number of hydrogen-bond acceptors (Lipinski definition) is 3. The lowest BCUT2D eigenvalue weighted by molar-refractivity contribution is -0.120. The molecule has 10 heteroatoms. The number of amides is 1. The molecule has 2 aromatic rings. The highest BCUT2D eigenvalue weighted by Gasteiger charge is 2.40. The van der Waals surface area contributed by atoms with Gasteiger partial charge in [-0.1, -0.05) is 23.7 Å². The third-order valence-corrected chi connectivity index (χ3v) is 6.19. The van der Waals surface area contributed by atoms with Crippen LogP contribution in [0.3, 0.4) is 0 Å². The SMILES string of the molecule is CN1C(C(=O)Nc2ccc(F)c(Cl)c2)C[C@@H](c2cccc(F)c2)NS1(=O)=O. The van der Waals surface area contributed by atoms with Crippen molar-refractivity contribution in [2.75, 3.05) is 12.4 Å². The first-order chi connectivity index (χ1) is 12.7. The van der Waals surface area contributed by atoms with E-state index in [2.05, 4.69) is 10.0 Å². The molecule has 0 aliphatic carbocycles. The van der Waals surface area contributed by atoms with Gasteiger partial charge in [-0.3, -0.25) is 4.79 Å². The highest BCUT2D eigenvalue weighted by Crippen LogP contribution is 2.29. The van der Waals surface area contributed by atoms with Crippen LogP contribution in [0, 0.1) is 11.6 Å². The van der Waals surface area contributed by atoms with Crippen LogP contribution in [0.4, 0.5) is 14.5 Å². The molecule has 1 fully saturated rings. The lowest BCUT2D eigenvalue weighted by Crippen LogP contribution is -2.55. The van der Waals surface area contributed by atoms with Crippen LogP contribution >= 0.6 is 11.6 Å². The Morgan fingerprint density at radius 2 is 2.00 bits per heavy atom. The molecule has 2 atom stereocenters. The van der Waals surface area contributed by atoms with E-state index in [0.29, 0.717) is 5.56 Å². The van der Waals surface area contributed by atoms with Gasteiger partial charge in [-0.25, -0.2) is 8.78 Å². The monoisotopic (exact) mass is 415 g/mol. The highest BCUT2D eigenvalue weighted by atomic mass is 35.5. The summed E-state index contributed by atoms with van der Waals surface area (Å²) in [7, 11) is -2.69. The molecule has 2 N–H and O–H groups in total. The number of likely N-dealkylation sites (N-methyl/N-ethyl adjacent to an activating group) is 1. The summed E-state index contributed by atoms with van der Waals surface area (Å²) in [5, 5.41) is 2.36. The maximum Gasteiger partial charge on any atom is 0.280 e. The van der Waals surface area contributed by atoms with Gasteiger partial charge < -0.3 is 5.32 Å². The van der Waals surface area contributed by atoms with Crippen LogP contribution in [0.25, 0.3) is 0 Å². The van der Waals surface area contributed by atoms with E-state index in [1.165, 1.54) is 37.4 Å². The van der Waals surface area contributed by atoms with E-state index in [4.69, 9.17) is 11.6 Å². The summed E-state index contributed by atoms with van der Waals surface area (Å²) in [6.07, 6.45) is 0.0833. The Morgan fingerprint density at radius 1 is 1.26 bits per heavy atom. The standard InChI is InChI=1S/C17H16ClF2N3O3S/c1-23-16(17(24)21-12-5-6-14(20)13(18)8-12)9-15(22-27(23,25)26)10-3-2-4-11(19)7-10/h2-8,15-16,22H,9H2,1H3,(H,21,24)/t15-,16?/m0/s1. The first-order valence-corrected chi connectivity index (χ1v) is 9.76. The summed E-state index contributed by atoms with van der Waals surface area (Å²) in [5.74, 6) is -1.75. The topological polar surface area (TPSA) is 78.5 Å². The molecule has 2 aromatic carbocycles. The second-order valence-electron chi connectivity index (χ2n) is 6.12. The molecule has 1 unspecified atom stereocenters. The Hall–Kier alpha value is -2.07. The summed E-state index contributed by atoms with van der Waals surface area (Å²) < 4.78 is 54.9. The number of rotatable bonds is 3. The van der Waals surface area contributed by atoms with Crippen LogP contribution in [0.5, 0.6) is 0 Å². The number of halogens is 3. The third-order valence-electron chi connectivity index (χ3n) is 4.31. The van der Waals surface area contributed by atoms with Gasteiger partial charge in [-0.15, -0.1) is 0 Å². The van der Waals surface area contributed by atoms with E-state index in [0.717, 1.165) is 10.4 Å². The predicted molar refractivity (Wildman–Crippen MR) is 97.4 cm³/mol. The first-order valence-electron chi connectivity index (χ1n) is 7.94. The normalized spacial score (nSPS) is 22.4. The van der Waals surface area contributed by atoms with Crippen molar-refractivity contribution >= 4 is 33.4 Å². The van der Waals surface area contributed by atoms with Gasteiger partial charge in [-0.2, -0.15) is 17.4 Å². The summed E-state index contributed by atoms with van der Waals surface area (Å²) in [5.41, 5.74) is 0.646. The van der Waals surface area contributed by atoms with E-state index < -0.39 is 39.8 Å². The number of carbonyl (C=O) groups excluding carboxylic acids is 1. The van der Waals surface area contributed by atoms with Crippen LogP contribution < -0.4 is 10.0 Å². The molecule has 0 bridgehead atoms. The van der Waals surface area contributed by atoms with Crippen molar-refractivity contribution in [3.63, 3.8) is 0 Å². The molecule has 0 radical (unpaired) electrons. The zero-order valence-electron chi connectivity index (χ0n) is 14.1. The minimum Gasteiger partial charge on any atom is -0.325 e. The van der Waals surface area contributed by atoms with Crippen molar-refractivity contribution < 1.29 is 22.0 Å². The zero-order valence-corrected chi connectivity index (χ0v) is 15.7. The van der Waals surface area contributed by atoms with Crippen LogP contribution in [0.1, 0.15) is 18.0 Å². The summed E-state index contributed by atoms with van der Waals surface area (Å²) in [6.45, 7) is 0. The van der Waals surface area contributed by atoms with Gasteiger partial charge in [0.1, 0.15) is 17.7 Å². The first kappa shape index (κ1) is 19.7. The number of nitrogens with one attached hydrogen (secondary N) is 2. The molecule has 0 aromatic heterocycles. The van der Waals surface area contributed by atoms with Gasteiger partial charge in [0.2, 0.25) is 5.91 Å². The smallest absolute Gasteiger partial charge is 0.280 e. The molecular formula is C17H16ClF2N3O3S. The molecule has 6 nitrogen and oxygen atoms in total. The number of hydrogen-bond donors (Lipinski definition) is 2. The van der Waals surface area contributed by atoms with Crippen molar-refractivity contribution in [2.45, 2.75) is 18.5 Å². The third kappa shape index (κ3) is 4.27. The van der Waals surface area contributed by atoms with Crippen LogP contribution in [0.15, 0.2) is 42.5 Å². The average Bonchev–Trinajstić information content (AvgIpc) is 2.60. The number of anilines is 1. The van der Waals surface area contributed by atoms with Crippen LogP contribution in [-0.2, 0) is 15.0 Å². The Morgan fingerprint density at radius 3 is 2.67 bits per heavy atom. The molecule has 1 saturated heterocycles. The highest BCUT2D eigenvalue weighted by molar-refractivity contribution is 7.87. The molecule has 1 amide bonds. The quantitative estimate of drug-likeness (QED) is 0.809. The lowest BCUT2D eigenvalue weighted by atomic mass is 9.99. The van der Waals surface area contributed by atoms with Gasteiger partial charge >= 0.3 is 0 Å². The van der Waals surface area contributed by atoms with E-state index in [9.17, 15) is 22.0 Å². The molecule has 0 spiro atoms. The van der Waals surface area contributed by atoms with Crippen LogP contribution in [0.2, 0.25) is 5.02 Å². The van der Waals surface area contributed by atoms with Gasteiger partial charge in [0.15, 0.2) is 0 Å². The minimum atomic E-state index is -3.96. The molecule has 1 aliphatic heterocycles. The Bertz CT molecular complexity index is 987. The fourth-order valence-electron chi connectivity index (χ4n) is 2.85. The van der Waals surface area contributed by atoms with E-state index in [1.807, 2.05) is 0 Å². The summed E-state index contributed by atoms with van der Waals surface area (Å²) in [6, 6.07) is 7.33. The lowest BCUT2D eigenvalue weighted by Gasteiger charge is -2.36. The molecule has 1 heterocycles. The Kier molecular flexibility index (Phi) is 5.48. The number of benzene rings is 2. The number of carbonyl (C=O) groups is 1. The van der Waals surface area contributed by atoms with Gasteiger partial charge in [0, 0.05) is 12.7 Å². The minimum absolute atomic E-state index is 0.0833. The maximum atomic E-state index is 13.5. The van der Waals surface area contributed by atoms with Gasteiger partial charge in [-0.05, 0) is 42.3 Å². The van der Waals surface area contributed by atoms with Crippen molar-refractivity contribution in [1.29, 1.82) is 0 Å². The Labute approximate surface area is 160 Å². The average molecular weight is 416 g/mol. The molecule has 0 saturated carbocycles. The zero-order chi connectivity index (χ0) is 19.8. The predicted octanol–water partition coefficient (Wildman–Crippen LogP) is 2.84. The van der Waals surface area contributed by atoms with Gasteiger partial charge in [0.05, 0.1) is 11.1 Å². The maximum absolute atomic E-state index is 13.5. The molecule has 3 rings (SSSR count). The summed E-state index contributed by atoms with van der Waals surface area (Å²) >= 11 is 5.70. The van der Waals surface area contributed by atoms with E-state index >= 15 is 0 Å². The van der Waals surface area contributed by atoms with Crippen molar-refractivity contribution in [3.05, 3.63) is 64.7 Å². The molecule has 1 aliphatic rings. The van der Waals surface area contributed by atoms with E-state index in [-0.39, 0.29) is 17.1 Å². The van der Waals surface area contributed by atoms with E-state index in [1.54, 1.807) is 6.07 Å². The van der Waals surface area contributed by atoms with Gasteiger partial charge in [0.25, 0.3) is 10.2 Å². The Balaban J connectivity index is 1.85. The van der Waals surface area contributed by atoms with Crippen molar-refractivity contribution in [2.24, 2.45) is 0 Å². The number of nitrogens with zero attached hydrogens (tertiary/aromatic N) is 1. The fourth-order valence-corrected chi connectivity index (χ4v) is 4.30. The van der Waals surface area contributed by atoms with Crippen molar-refractivity contribution in [1.82, 2.24) is 9.03 Å². The van der Waals surface area contributed by atoms with Crippen molar-refractivity contribution in [3.8, 4) is 0 Å². The second kappa shape index (κ2) is 7.51. The van der Waals surface area contributed by atoms with Crippen LogP contribution in [-0.4, -0.2) is 31.7 Å². The fraction of sp³-hybridized carbons (Fsp3) is 0.235. The molecule has 27 heavy (non-hydrogen) atoms. The second-order valence-corrected chi connectivity index (χ2v) is 8.29. The summed E-state index contributed by atoms with van der Waals surface area (Å²) in [4.78, 5) is 12.6. The molecular weight excluding hydrogens is 400 g/mol. The largest absolute Gasteiger partial charge is 0.325 e. The molecule has 144 valence electrons.